The van der Waals surface area contributed by atoms with E-state index in [1.54, 1.807) is 0 Å². The molecule has 2 aliphatic carbocycles. The molecule has 2 aliphatic rings. The molecule has 0 aromatic carbocycles. The highest BCUT2D eigenvalue weighted by Gasteiger charge is 2.40. The van der Waals surface area contributed by atoms with Crippen LogP contribution in [-0.4, -0.2) is 30.8 Å². The molecular weight excluding hydrogens is 200 g/mol. The van der Waals surface area contributed by atoms with Crippen molar-refractivity contribution in [2.45, 2.75) is 76.1 Å². The fraction of sp³-hybridized carbons (Fsp3) is 1.00. The third kappa shape index (κ3) is 2.96. The number of hydrogen-bond acceptors (Lipinski definition) is 3. The van der Waals surface area contributed by atoms with E-state index in [1.165, 1.54) is 38.5 Å². The molecule has 0 heterocycles. The molecule has 3 unspecified atom stereocenters. The standard InChI is InChI=1S/C13H26N2O/c1-2-16-12-9-11(14)13(12)15-10-7-5-3-4-6-8-10/h10-13,15H,2-9,14H2,1H3. The molecule has 0 aromatic heterocycles. The van der Waals surface area contributed by atoms with Gasteiger partial charge in [-0.3, -0.25) is 0 Å². The highest BCUT2D eigenvalue weighted by Crippen LogP contribution is 2.25. The summed E-state index contributed by atoms with van der Waals surface area (Å²) in [5.74, 6) is 0. The van der Waals surface area contributed by atoms with Crippen molar-refractivity contribution in [1.29, 1.82) is 0 Å². The van der Waals surface area contributed by atoms with E-state index < -0.39 is 0 Å². The Balaban J connectivity index is 1.77. The first-order valence-electron chi connectivity index (χ1n) is 6.94. The van der Waals surface area contributed by atoms with Crippen molar-refractivity contribution in [3.05, 3.63) is 0 Å². The second-order valence-corrected chi connectivity index (χ2v) is 5.27. The molecule has 2 saturated carbocycles. The predicted molar refractivity (Wildman–Crippen MR) is 66.4 cm³/mol. The molecule has 16 heavy (non-hydrogen) atoms. The van der Waals surface area contributed by atoms with Gasteiger partial charge in [0, 0.05) is 24.7 Å². The lowest BCUT2D eigenvalue weighted by Gasteiger charge is -2.44. The van der Waals surface area contributed by atoms with Gasteiger partial charge in [0.05, 0.1) is 6.10 Å². The third-order valence-electron chi connectivity index (χ3n) is 4.03. The lowest BCUT2D eigenvalue weighted by molar-refractivity contribution is -0.0362. The molecule has 3 nitrogen and oxygen atoms in total. The summed E-state index contributed by atoms with van der Waals surface area (Å²) in [5.41, 5.74) is 6.06. The summed E-state index contributed by atoms with van der Waals surface area (Å²) in [6.45, 7) is 2.87. The van der Waals surface area contributed by atoms with Crippen LogP contribution in [0.4, 0.5) is 0 Å². The summed E-state index contributed by atoms with van der Waals surface area (Å²) in [7, 11) is 0. The highest BCUT2D eigenvalue weighted by atomic mass is 16.5. The molecule has 0 saturated heterocycles. The molecular formula is C13H26N2O. The Labute approximate surface area is 99.1 Å². The van der Waals surface area contributed by atoms with E-state index in [0.29, 0.717) is 24.2 Å². The topological polar surface area (TPSA) is 47.3 Å². The first kappa shape index (κ1) is 12.3. The van der Waals surface area contributed by atoms with Gasteiger partial charge in [-0.2, -0.15) is 0 Å². The van der Waals surface area contributed by atoms with Crippen LogP contribution in [-0.2, 0) is 4.74 Å². The minimum absolute atomic E-state index is 0.305. The molecule has 0 aromatic rings. The molecule has 0 radical (unpaired) electrons. The van der Waals surface area contributed by atoms with Crippen molar-refractivity contribution in [2.75, 3.05) is 6.61 Å². The zero-order chi connectivity index (χ0) is 11.4. The predicted octanol–water partition coefficient (Wildman–Crippen LogP) is 1.80. The van der Waals surface area contributed by atoms with Crippen molar-refractivity contribution in [1.82, 2.24) is 5.32 Å². The van der Waals surface area contributed by atoms with Crippen molar-refractivity contribution in [3.8, 4) is 0 Å². The van der Waals surface area contributed by atoms with Gasteiger partial charge in [0.15, 0.2) is 0 Å². The minimum atomic E-state index is 0.305. The van der Waals surface area contributed by atoms with E-state index in [-0.39, 0.29) is 0 Å². The Morgan fingerprint density at radius 2 is 1.88 bits per heavy atom. The van der Waals surface area contributed by atoms with Crippen molar-refractivity contribution in [2.24, 2.45) is 5.73 Å². The van der Waals surface area contributed by atoms with Crippen LogP contribution in [0.3, 0.4) is 0 Å². The van der Waals surface area contributed by atoms with Crippen LogP contribution in [0.25, 0.3) is 0 Å². The fourth-order valence-corrected chi connectivity index (χ4v) is 2.98. The molecule has 0 spiro atoms. The van der Waals surface area contributed by atoms with E-state index in [0.717, 1.165) is 13.0 Å². The van der Waals surface area contributed by atoms with Crippen molar-refractivity contribution < 1.29 is 4.74 Å². The number of rotatable bonds is 4. The van der Waals surface area contributed by atoms with Gasteiger partial charge in [-0.1, -0.05) is 25.7 Å². The zero-order valence-corrected chi connectivity index (χ0v) is 10.5. The molecule has 94 valence electrons. The summed E-state index contributed by atoms with van der Waals surface area (Å²) >= 11 is 0. The Morgan fingerprint density at radius 3 is 2.44 bits per heavy atom. The maximum Gasteiger partial charge on any atom is 0.0758 e. The lowest BCUT2D eigenvalue weighted by atomic mass is 9.82. The number of nitrogens with two attached hydrogens (primary N) is 1. The fourth-order valence-electron chi connectivity index (χ4n) is 2.98. The van der Waals surface area contributed by atoms with Gasteiger partial charge in [-0.05, 0) is 26.2 Å². The number of ether oxygens (including phenoxy) is 1. The van der Waals surface area contributed by atoms with E-state index in [2.05, 4.69) is 12.2 Å². The molecule has 0 aliphatic heterocycles. The van der Waals surface area contributed by atoms with Gasteiger partial charge in [-0.25, -0.2) is 0 Å². The molecule has 2 rings (SSSR count). The van der Waals surface area contributed by atoms with Gasteiger partial charge in [-0.15, -0.1) is 0 Å². The molecule has 3 heteroatoms. The van der Waals surface area contributed by atoms with Crippen molar-refractivity contribution in [3.63, 3.8) is 0 Å². The van der Waals surface area contributed by atoms with Crippen LogP contribution in [0.1, 0.15) is 51.9 Å². The smallest absolute Gasteiger partial charge is 0.0758 e. The molecule has 0 bridgehead atoms. The average Bonchev–Trinajstić information content (AvgIpc) is 2.54. The number of hydrogen-bond donors (Lipinski definition) is 2. The maximum absolute atomic E-state index is 6.06. The Morgan fingerprint density at radius 1 is 1.19 bits per heavy atom. The summed E-state index contributed by atoms with van der Waals surface area (Å²) in [6, 6.07) is 1.39. The third-order valence-corrected chi connectivity index (χ3v) is 4.03. The van der Waals surface area contributed by atoms with Gasteiger partial charge in [0.1, 0.15) is 0 Å². The van der Waals surface area contributed by atoms with Crippen LogP contribution in [0.5, 0.6) is 0 Å². The minimum Gasteiger partial charge on any atom is -0.377 e. The molecule has 2 fully saturated rings. The highest BCUT2D eigenvalue weighted by molar-refractivity contribution is 5.00. The lowest BCUT2D eigenvalue weighted by Crippen LogP contribution is -2.65. The normalized spacial score (nSPS) is 36.8. The summed E-state index contributed by atoms with van der Waals surface area (Å²) in [5, 5.41) is 3.73. The van der Waals surface area contributed by atoms with Crippen LogP contribution in [0.15, 0.2) is 0 Å². The molecule has 3 N–H and O–H groups in total. The van der Waals surface area contributed by atoms with Crippen molar-refractivity contribution >= 4 is 0 Å². The first-order valence-corrected chi connectivity index (χ1v) is 6.94. The summed E-state index contributed by atoms with van der Waals surface area (Å²) in [6.07, 6.45) is 9.59. The second kappa shape index (κ2) is 5.99. The van der Waals surface area contributed by atoms with E-state index in [4.69, 9.17) is 10.5 Å². The van der Waals surface area contributed by atoms with Gasteiger partial charge in [0.25, 0.3) is 0 Å². The van der Waals surface area contributed by atoms with Crippen LogP contribution in [0.2, 0.25) is 0 Å². The summed E-state index contributed by atoms with van der Waals surface area (Å²) < 4.78 is 5.69. The number of nitrogens with one attached hydrogen (secondary N) is 1. The second-order valence-electron chi connectivity index (χ2n) is 5.27. The van der Waals surface area contributed by atoms with Gasteiger partial charge >= 0.3 is 0 Å². The SMILES string of the molecule is CCOC1CC(N)C1NC1CCCCCC1. The van der Waals surface area contributed by atoms with Crippen LogP contribution < -0.4 is 11.1 Å². The molecule has 0 amide bonds. The average molecular weight is 226 g/mol. The van der Waals surface area contributed by atoms with E-state index >= 15 is 0 Å². The van der Waals surface area contributed by atoms with Crippen LogP contribution in [0, 0.1) is 0 Å². The van der Waals surface area contributed by atoms with E-state index in [1.807, 2.05) is 0 Å². The quantitative estimate of drug-likeness (QED) is 0.719. The monoisotopic (exact) mass is 226 g/mol. The van der Waals surface area contributed by atoms with Crippen LogP contribution >= 0.6 is 0 Å². The van der Waals surface area contributed by atoms with E-state index in [9.17, 15) is 0 Å². The largest absolute Gasteiger partial charge is 0.377 e. The summed E-state index contributed by atoms with van der Waals surface area (Å²) in [4.78, 5) is 0. The molecule has 3 atom stereocenters. The Bertz CT molecular complexity index is 200. The van der Waals surface area contributed by atoms with Gasteiger partial charge in [0.2, 0.25) is 0 Å². The van der Waals surface area contributed by atoms with Gasteiger partial charge < -0.3 is 15.8 Å². The Kier molecular flexibility index (Phi) is 4.62. The first-order chi connectivity index (χ1) is 7.81. The maximum atomic E-state index is 6.06. The zero-order valence-electron chi connectivity index (χ0n) is 10.5. The Hall–Kier alpha value is -0.120.